The standard InChI is InChI=1S/C16H23NO4/c1-16(2,3)21-12-14(18)17(11-15(19)20-4)10-13-8-6-5-7-9-13/h5-9H,10-12H2,1-4H3. The topological polar surface area (TPSA) is 55.8 Å². The number of carbonyl (C=O) groups is 2. The number of hydrogen-bond acceptors (Lipinski definition) is 4. The minimum Gasteiger partial charge on any atom is -0.468 e. The minimum atomic E-state index is -0.449. The molecule has 0 aliphatic carbocycles. The van der Waals surface area contributed by atoms with E-state index in [0.29, 0.717) is 6.54 Å². The number of methoxy groups -OCH3 is 1. The van der Waals surface area contributed by atoms with Crippen LogP contribution in [0.2, 0.25) is 0 Å². The molecule has 0 aromatic heterocycles. The Bertz CT molecular complexity index is 465. The van der Waals surface area contributed by atoms with Crippen LogP contribution in [0.4, 0.5) is 0 Å². The summed E-state index contributed by atoms with van der Waals surface area (Å²) in [7, 11) is 1.30. The van der Waals surface area contributed by atoms with Crippen LogP contribution in [0.3, 0.4) is 0 Å². The molecule has 0 saturated heterocycles. The highest BCUT2D eigenvalue weighted by atomic mass is 16.5. The Morgan fingerprint density at radius 3 is 2.29 bits per heavy atom. The smallest absolute Gasteiger partial charge is 0.325 e. The van der Waals surface area contributed by atoms with Gasteiger partial charge in [0.15, 0.2) is 0 Å². The number of benzene rings is 1. The number of ether oxygens (including phenoxy) is 2. The van der Waals surface area contributed by atoms with Gasteiger partial charge in [-0.25, -0.2) is 0 Å². The lowest BCUT2D eigenvalue weighted by atomic mass is 10.2. The van der Waals surface area contributed by atoms with Gasteiger partial charge in [-0.2, -0.15) is 0 Å². The zero-order valence-electron chi connectivity index (χ0n) is 13.1. The van der Waals surface area contributed by atoms with E-state index in [0.717, 1.165) is 5.56 Å². The zero-order chi connectivity index (χ0) is 15.9. The highest BCUT2D eigenvalue weighted by Crippen LogP contribution is 2.09. The molecule has 0 radical (unpaired) electrons. The van der Waals surface area contributed by atoms with E-state index in [1.54, 1.807) is 0 Å². The Morgan fingerprint density at radius 1 is 1.14 bits per heavy atom. The first-order valence-corrected chi connectivity index (χ1v) is 6.84. The van der Waals surface area contributed by atoms with Crippen LogP contribution in [0.1, 0.15) is 26.3 Å². The molecule has 0 fully saturated rings. The van der Waals surface area contributed by atoms with E-state index in [1.807, 2.05) is 51.1 Å². The van der Waals surface area contributed by atoms with Gasteiger partial charge in [-0.05, 0) is 26.3 Å². The van der Waals surface area contributed by atoms with Crippen LogP contribution in [0, 0.1) is 0 Å². The molecule has 116 valence electrons. The van der Waals surface area contributed by atoms with E-state index in [1.165, 1.54) is 12.0 Å². The second-order valence-electron chi connectivity index (χ2n) is 5.71. The molecule has 1 aromatic rings. The van der Waals surface area contributed by atoms with Crippen LogP contribution in [0.25, 0.3) is 0 Å². The second kappa shape index (κ2) is 7.78. The van der Waals surface area contributed by atoms with Crippen molar-refractivity contribution in [2.45, 2.75) is 32.9 Å². The summed E-state index contributed by atoms with van der Waals surface area (Å²) < 4.78 is 10.1. The summed E-state index contributed by atoms with van der Waals surface area (Å²) in [6.45, 7) is 5.83. The van der Waals surface area contributed by atoms with Crippen molar-refractivity contribution in [1.29, 1.82) is 0 Å². The molecular formula is C16H23NO4. The van der Waals surface area contributed by atoms with Crippen LogP contribution in [0.15, 0.2) is 30.3 Å². The van der Waals surface area contributed by atoms with Crippen LogP contribution in [-0.2, 0) is 25.6 Å². The van der Waals surface area contributed by atoms with Gasteiger partial charge >= 0.3 is 5.97 Å². The predicted octanol–water partition coefficient (Wildman–Crippen LogP) is 2.00. The highest BCUT2D eigenvalue weighted by Gasteiger charge is 2.20. The highest BCUT2D eigenvalue weighted by molar-refractivity contribution is 5.82. The van der Waals surface area contributed by atoms with E-state index >= 15 is 0 Å². The van der Waals surface area contributed by atoms with Crippen molar-refractivity contribution < 1.29 is 19.1 Å². The van der Waals surface area contributed by atoms with Gasteiger partial charge in [0.2, 0.25) is 5.91 Å². The van der Waals surface area contributed by atoms with Gasteiger partial charge in [0, 0.05) is 6.54 Å². The van der Waals surface area contributed by atoms with Crippen molar-refractivity contribution in [1.82, 2.24) is 4.90 Å². The largest absolute Gasteiger partial charge is 0.468 e. The first-order valence-electron chi connectivity index (χ1n) is 6.84. The Balaban J connectivity index is 2.72. The fraction of sp³-hybridized carbons (Fsp3) is 0.500. The maximum absolute atomic E-state index is 12.2. The molecule has 0 bridgehead atoms. The number of carbonyl (C=O) groups excluding carboxylic acids is 2. The third-order valence-electron chi connectivity index (χ3n) is 2.75. The van der Waals surface area contributed by atoms with Crippen LogP contribution in [-0.4, -0.2) is 42.6 Å². The molecule has 1 rings (SSSR count). The average molecular weight is 293 g/mol. The van der Waals surface area contributed by atoms with Gasteiger partial charge in [-0.1, -0.05) is 30.3 Å². The number of rotatable bonds is 6. The monoisotopic (exact) mass is 293 g/mol. The fourth-order valence-electron chi connectivity index (χ4n) is 1.63. The quantitative estimate of drug-likeness (QED) is 0.753. The predicted molar refractivity (Wildman–Crippen MR) is 79.6 cm³/mol. The van der Waals surface area contributed by atoms with Crippen molar-refractivity contribution in [3.63, 3.8) is 0 Å². The zero-order valence-corrected chi connectivity index (χ0v) is 13.1. The van der Waals surface area contributed by atoms with Crippen molar-refractivity contribution in [3.8, 4) is 0 Å². The number of nitrogens with zero attached hydrogens (tertiary/aromatic N) is 1. The van der Waals surface area contributed by atoms with Crippen molar-refractivity contribution >= 4 is 11.9 Å². The Labute approximate surface area is 125 Å². The molecule has 1 aromatic carbocycles. The SMILES string of the molecule is COC(=O)CN(Cc1ccccc1)C(=O)COC(C)(C)C. The minimum absolute atomic E-state index is 0.0622. The molecule has 21 heavy (non-hydrogen) atoms. The lowest BCUT2D eigenvalue weighted by molar-refractivity contribution is -0.151. The maximum atomic E-state index is 12.2. The molecule has 0 N–H and O–H groups in total. The molecule has 1 amide bonds. The first-order chi connectivity index (χ1) is 9.81. The molecule has 0 aliphatic heterocycles. The van der Waals surface area contributed by atoms with E-state index in [-0.39, 0.29) is 19.1 Å². The molecule has 0 unspecified atom stereocenters. The van der Waals surface area contributed by atoms with Gasteiger partial charge in [0.1, 0.15) is 13.2 Å². The number of hydrogen-bond donors (Lipinski definition) is 0. The average Bonchev–Trinajstić information content (AvgIpc) is 2.44. The summed E-state index contributed by atoms with van der Waals surface area (Å²) in [5.74, 6) is -0.686. The first kappa shape index (κ1) is 17.2. The van der Waals surface area contributed by atoms with E-state index in [9.17, 15) is 9.59 Å². The second-order valence-corrected chi connectivity index (χ2v) is 5.71. The summed E-state index contributed by atoms with van der Waals surface area (Å²) in [5, 5.41) is 0. The molecule has 0 spiro atoms. The van der Waals surface area contributed by atoms with Gasteiger partial charge in [-0.15, -0.1) is 0 Å². The summed E-state index contributed by atoms with van der Waals surface area (Å²) >= 11 is 0. The van der Waals surface area contributed by atoms with E-state index in [4.69, 9.17) is 4.74 Å². The summed E-state index contributed by atoms with van der Waals surface area (Å²) in [6, 6.07) is 9.49. The van der Waals surface area contributed by atoms with E-state index < -0.39 is 11.6 Å². The molecule has 0 heterocycles. The summed E-state index contributed by atoms with van der Waals surface area (Å²) in [5.41, 5.74) is 0.546. The normalized spacial score (nSPS) is 11.0. The van der Waals surface area contributed by atoms with Gasteiger partial charge < -0.3 is 14.4 Å². The third kappa shape index (κ3) is 6.90. The van der Waals surface area contributed by atoms with Gasteiger partial charge in [-0.3, -0.25) is 9.59 Å². The molecule has 5 heteroatoms. The molecule has 0 saturated carbocycles. The lowest BCUT2D eigenvalue weighted by Gasteiger charge is -2.25. The summed E-state index contributed by atoms with van der Waals surface area (Å²) in [4.78, 5) is 25.1. The lowest BCUT2D eigenvalue weighted by Crippen LogP contribution is -2.39. The molecule has 0 aliphatic rings. The Hall–Kier alpha value is -1.88. The molecule has 0 atom stereocenters. The van der Waals surface area contributed by atoms with Crippen LogP contribution < -0.4 is 0 Å². The number of amides is 1. The van der Waals surface area contributed by atoms with Crippen molar-refractivity contribution in [2.24, 2.45) is 0 Å². The van der Waals surface area contributed by atoms with Gasteiger partial charge in [0.25, 0.3) is 0 Å². The maximum Gasteiger partial charge on any atom is 0.325 e. The summed E-state index contributed by atoms with van der Waals surface area (Å²) in [6.07, 6.45) is 0. The van der Waals surface area contributed by atoms with Crippen LogP contribution in [0.5, 0.6) is 0 Å². The van der Waals surface area contributed by atoms with Gasteiger partial charge in [0.05, 0.1) is 12.7 Å². The Morgan fingerprint density at radius 2 is 1.76 bits per heavy atom. The Kier molecular flexibility index (Phi) is 6.37. The molecular weight excluding hydrogens is 270 g/mol. The van der Waals surface area contributed by atoms with Crippen molar-refractivity contribution in [3.05, 3.63) is 35.9 Å². The van der Waals surface area contributed by atoms with E-state index in [2.05, 4.69) is 4.74 Å². The molecule has 5 nitrogen and oxygen atoms in total. The third-order valence-corrected chi connectivity index (χ3v) is 2.75. The number of esters is 1. The van der Waals surface area contributed by atoms with Crippen LogP contribution >= 0.6 is 0 Å². The van der Waals surface area contributed by atoms with Crippen molar-refractivity contribution in [2.75, 3.05) is 20.3 Å². The fourth-order valence-corrected chi connectivity index (χ4v) is 1.63.